The number of benzene rings is 1. The summed E-state index contributed by atoms with van der Waals surface area (Å²) < 4.78 is 4.48. The van der Waals surface area contributed by atoms with E-state index in [0.717, 1.165) is 25.7 Å². The maximum absolute atomic E-state index is 9.71. The summed E-state index contributed by atoms with van der Waals surface area (Å²) in [5.74, 6) is 0. The van der Waals surface area contributed by atoms with Crippen LogP contribution in [0.4, 0.5) is 0 Å². The molecule has 0 unspecified atom stereocenters. The normalized spacial score (nSPS) is 9.71. The third-order valence-electron chi connectivity index (χ3n) is 2.11. The molecule has 0 saturated heterocycles. The molecule has 0 spiro atoms. The molecule has 0 saturated carbocycles. The van der Waals surface area contributed by atoms with E-state index in [-0.39, 0.29) is 0 Å². The van der Waals surface area contributed by atoms with Gasteiger partial charge >= 0.3 is 6.47 Å². The van der Waals surface area contributed by atoms with Gasteiger partial charge in [-0.2, -0.15) is 0 Å². The van der Waals surface area contributed by atoms with Gasteiger partial charge < -0.3 is 4.74 Å². The molecule has 1 rings (SSSR count). The van der Waals surface area contributed by atoms with E-state index in [9.17, 15) is 4.79 Å². The molecule has 75 valence electrons. The Balaban J connectivity index is 2.02. The first-order valence-corrected chi connectivity index (χ1v) is 4.96. The van der Waals surface area contributed by atoms with Gasteiger partial charge in [0.15, 0.2) is 0 Å². The van der Waals surface area contributed by atoms with Crippen molar-refractivity contribution in [3.8, 4) is 0 Å². The summed E-state index contributed by atoms with van der Waals surface area (Å²) in [7, 11) is 0. The van der Waals surface area contributed by atoms with Gasteiger partial charge in [0.25, 0.3) is 0 Å². The van der Waals surface area contributed by atoms with Crippen molar-refractivity contribution >= 4 is 6.47 Å². The zero-order valence-corrected chi connectivity index (χ0v) is 8.24. The van der Waals surface area contributed by atoms with Crippen molar-refractivity contribution in [2.45, 2.75) is 25.7 Å². The Morgan fingerprint density at radius 3 is 2.57 bits per heavy atom. The largest absolute Gasteiger partial charge is 0.457 e. The monoisotopic (exact) mass is 191 g/mol. The van der Waals surface area contributed by atoms with Gasteiger partial charge in [0, 0.05) is 0 Å². The number of ether oxygens (including phenoxy) is 1. The van der Waals surface area contributed by atoms with E-state index in [2.05, 4.69) is 29.0 Å². The fraction of sp³-hybridized carbons (Fsp3) is 0.417. The van der Waals surface area contributed by atoms with Crippen LogP contribution in [0.25, 0.3) is 0 Å². The van der Waals surface area contributed by atoms with E-state index in [1.54, 1.807) is 0 Å². The molecule has 0 aliphatic rings. The topological polar surface area (TPSA) is 26.3 Å². The minimum atomic E-state index is 0.498. The molecule has 14 heavy (non-hydrogen) atoms. The molecular formula is C12H15O2. The standard InChI is InChI=1S/C12H15O2/c13-11-14-10-6-2-5-9-12-7-3-1-4-8-12/h1,3-4,7-8H,2,5-6,9-10H2. The third kappa shape index (κ3) is 4.65. The van der Waals surface area contributed by atoms with Crippen molar-refractivity contribution < 1.29 is 9.53 Å². The van der Waals surface area contributed by atoms with E-state index in [4.69, 9.17) is 0 Å². The van der Waals surface area contributed by atoms with Crippen LogP contribution in [0.3, 0.4) is 0 Å². The van der Waals surface area contributed by atoms with Gasteiger partial charge in [-0.25, -0.2) is 4.79 Å². The van der Waals surface area contributed by atoms with Crippen LogP contribution in [0.15, 0.2) is 30.3 Å². The molecule has 0 aliphatic carbocycles. The second-order valence-electron chi connectivity index (χ2n) is 3.23. The molecule has 0 heterocycles. The lowest BCUT2D eigenvalue weighted by molar-refractivity contribution is 0.269. The summed E-state index contributed by atoms with van der Waals surface area (Å²) in [5.41, 5.74) is 1.37. The van der Waals surface area contributed by atoms with Gasteiger partial charge in [0.05, 0.1) is 6.61 Å². The smallest absolute Gasteiger partial charge is 0.417 e. The maximum atomic E-state index is 9.71. The first-order valence-electron chi connectivity index (χ1n) is 4.96. The molecular weight excluding hydrogens is 176 g/mol. The van der Waals surface area contributed by atoms with Crippen LogP contribution in [0.5, 0.6) is 0 Å². The number of carbonyl (C=O) groups excluding carboxylic acids is 1. The third-order valence-corrected chi connectivity index (χ3v) is 2.11. The summed E-state index contributed by atoms with van der Waals surface area (Å²) in [4.78, 5) is 9.71. The summed E-state index contributed by atoms with van der Waals surface area (Å²) >= 11 is 0. The van der Waals surface area contributed by atoms with Crippen LogP contribution in [-0.2, 0) is 16.0 Å². The van der Waals surface area contributed by atoms with Crippen molar-refractivity contribution in [1.82, 2.24) is 0 Å². The first kappa shape index (κ1) is 10.8. The van der Waals surface area contributed by atoms with Crippen molar-refractivity contribution in [1.29, 1.82) is 0 Å². The van der Waals surface area contributed by atoms with Gasteiger partial charge in [-0.1, -0.05) is 30.3 Å². The summed E-state index contributed by atoms with van der Waals surface area (Å²) in [6.45, 7) is 1.92. The van der Waals surface area contributed by atoms with Crippen LogP contribution in [0, 0.1) is 0 Å². The average molecular weight is 191 g/mol. The maximum Gasteiger partial charge on any atom is 0.417 e. The van der Waals surface area contributed by atoms with E-state index in [1.165, 1.54) is 12.0 Å². The van der Waals surface area contributed by atoms with Crippen molar-refractivity contribution in [3.63, 3.8) is 0 Å². The Kier molecular flexibility index (Phi) is 5.48. The fourth-order valence-corrected chi connectivity index (χ4v) is 1.37. The zero-order chi connectivity index (χ0) is 10.1. The van der Waals surface area contributed by atoms with Crippen LogP contribution >= 0.6 is 0 Å². The minimum Gasteiger partial charge on any atom is -0.457 e. The Labute approximate surface area is 84.9 Å². The van der Waals surface area contributed by atoms with Crippen LogP contribution in [0.2, 0.25) is 0 Å². The molecule has 0 amide bonds. The lowest BCUT2D eigenvalue weighted by Crippen LogP contribution is -1.92. The SMILES string of the molecule is O=[C]OCCCCCc1ccccc1. The second-order valence-corrected chi connectivity index (χ2v) is 3.23. The van der Waals surface area contributed by atoms with Gasteiger partial charge in [0.2, 0.25) is 0 Å². The van der Waals surface area contributed by atoms with E-state index >= 15 is 0 Å². The average Bonchev–Trinajstić information content (AvgIpc) is 2.25. The van der Waals surface area contributed by atoms with E-state index in [1.807, 2.05) is 6.07 Å². The van der Waals surface area contributed by atoms with Gasteiger partial charge in [0.1, 0.15) is 0 Å². The molecule has 1 radical (unpaired) electrons. The molecule has 0 fully saturated rings. The van der Waals surface area contributed by atoms with Crippen molar-refractivity contribution in [3.05, 3.63) is 35.9 Å². The molecule has 1 aromatic rings. The van der Waals surface area contributed by atoms with Crippen LogP contribution in [0.1, 0.15) is 24.8 Å². The van der Waals surface area contributed by atoms with Crippen LogP contribution < -0.4 is 0 Å². The number of rotatable bonds is 7. The number of hydrogen-bond acceptors (Lipinski definition) is 2. The molecule has 2 heteroatoms. The van der Waals surface area contributed by atoms with Gasteiger partial charge in [-0.05, 0) is 31.2 Å². The summed E-state index contributed by atoms with van der Waals surface area (Å²) in [6.07, 6.45) is 4.27. The van der Waals surface area contributed by atoms with Gasteiger partial charge in [-0.15, -0.1) is 0 Å². The lowest BCUT2D eigenvalue weighted by atomic mass is 10.1. The predicted molar refractivity (Wildman–Crippen MR) is 55.6 cm³/mol. The van der Waals surface area contributed by atoms with Gasteiger partial charge in [-0.3, -0.25) is 0 Å². The number of aryl methyl sites for hydroxylation is 1. The fourth-order valence-electron chi connectivity index (χ4n) is 1.37. The Hall–Kier alpha value is -1.31. The summed E-state index contributed by atoms with van der Waals surface area (Å²) in [5, 5.41) is 0. The van der Waals surface area contributed by atoms with E-state index in [0.29, 0.717) is 6.61 Å². The Bertz CT molecular complexity index is 244. The quantitative estimate of drug-likeness (QED) is 0.619. The minimum absolute atomic E-state index is 0.498. The molecule has 2 nitrogen and oxygen atoms in total. The Morgan fingerprint density at radius 1 is 1.07 bits per heavy atom. The Morgan fingerprint density at radius 2 is 1.86 bits per heavy atom. The molecule has 0 aromatic heterocycles. The molecule has 0 atom stereocenters. The lowest BCUT2D eigenvalue weighted by Gasteiger charge is -2.00. The molecule has 0 N–H and O–H groups in total. The van der Waals surface area contributed by atoms with Crippen LogP contribution in [-0.4, -0.2) is 13.1 Å². The highest BCUT2D eigenvalue weighted by atomic mass is 16.5. The highest BCUT2D eigenvalue weighted by molar-refractivity contribution is 5.37. The molecule has 0 aliphatic heterocycles. The predicted octanol–water partition coefficient (Wildman–Crippen LogP) is 2.48. The second kappa shape index (κ2) is 7.13. The van der Waals surface area contributed by atoms with E-state index < -0.39 is 0 Å². The number of hydrogen-bond donors (Lipinski definition) is 0. The molecule has 0 bridgehead atoms. The van der Waals surface area contributed by atoms with Crippen molar-refractivity contribution in [2.24, 2.45) is 0 Å². The summed E-state index contributed by atoms with van der Waals surface area (Å²) in [6, 6.07) is 10.4. The highest BCUT2D eigenvalue weighted by Gasteiger charge is 1.92. The highest BCUT2D eigenvalue weighted by Crippen LogP contribution is 2.05. The molecule has 1 aromatic carbocycles. The zero-order valence-electron chi connectivity index (χ0n) is 8.24. The number of unbranched alkanes of at least 4 members (excludes halogenated alkanes) is 2. The van der Waals surface area contributed by atoms with Crippen molar-refractivity contribution in [2.75, 3.05) is 6.61 Å². The first-order chi connectivity index (χ1) is 6.93.